The zero-order chi connectivity index (χ0) is 27.3. The fourth-order valence-corrected chi connectivity index (χ4v) is 5.49. The average Bonchev–Trinajstić information content (AvgIpc) is 3.65. The number of carbonyl (C=O) groups is 3. The van der Waals surface area contributed by atoms with Crippen LogP contribution in [0.1, 0.15) is 122 Å². The summed E-state index contributed by atoms with van der Waals surface area (Å²) in [7, 11) is 0. The monoisotopic (exact) mass is 535 g/mol. The van der Waals surface area contributed by atoms with Gasteiger partial charge in [-0.2, -0.15) is 0 Å². The van der Waals surface area contributed by atoms with E-state index in [0.29, 0.717) is 32.6 Å². The van der Waals surface area contributed by atoms with Crippen molar-refractivity contribution < 1.29 is 14.4 Å². The molecule has 3 amide bonds. The lowest BCUT2D eigenvalue weighted by Gasteiger charge is -2.23. The van der Waals surface area contributed by atoms with Crippen molar-refractivity contribution in [2.45, 2.75) is 135 Å². The van der Waals surface area contributed by atoms with Crippen LogP contribution in [-0.2, 0) is 14.4 Å². The minimum absolute atomic E-state index is 0.0632. The molecule has 0 spiro atoms. The summed E-state index contributed by atoms with van der Waals surface area (Å²) >= 11 is 0. The fraction of sp³-hybridized carbons (Fsp3) is 0.900. The molecule has 220 valence electrons. The molecule has 2 saturated heterocycles. The Labute approximate surface area is 232 Å². The predicted octanol–water partition coefficient (Wildman–Crippen LogP) is 4.03. The van der Waals surface area contributed by atoms with Gasteiger partial charge in [0.1, 0.15) is 0 Å². The van der Waals surface area contributed by atoms with Crippen molar-refractivity contribution in [2.24, 2.45) is 0 Å². The van der Waals surface area contributed by atoms with E-state index < -0.39 is 0 Å². The molecule has 0 saturated carbocycles. The molecule has 0 unspecified atom stereocenters. The Balaban J connectivity index is 1.61. The van der Waals surface area contributed by atoms with Gasteiger partial charge >= 0.3 is 0 Å². The van der Waals surface area contributed by atoms with Crippen LogP contribution in [0.5, 0.6) is 0 Å². The van der Waals surface area contributed by atoms with E-state index in [-0.39, 0.29) is 29.8 Å². The first-order chi connectivity index (χ1) is 18.6. The molecule has 0 aromatic carbocycles. The fourth-order valence-electron chi connectivity index (χ4n) is 5.49. The van der Waals surface area contributed by atoms with Crippen molar-refractivity contribution in [1.29, 1.82) is 0 Å². The van der Waals surface area contributed by atoms with Crippen LogP contribution in [0.25, 0.3) is 0 Å². The average molecular weight is 536 g/mol. The predicted molar refractivity (Wildman–Crippen MR) is 155 cm³/mol. The minimum atomic E-state index is -0.0632. The highest BCUT2D eigenvalue weighted by atomic mass is 16.2. The quantitative estimate of drug-likeness (QED) is 0.157. The van der Waals surface area contributed by atoms with E-state index in [1.165, 1.54) is 57.8 Å². The van der Waals surface area contributed by atoms with Crippen LogP contribution in [-0.4, -0.2) is 74.0 Å². The Morgan fingerprint density at radius 2 is 1.11 bits per heavy atom. The zero-order valence-corrected chi connectivity index (χ0v) is 24.3. The van der Waals surface area contributed by atoms with Crippen molar-refractivity contribution in [1.82, 2.24) is 26.2 Å². The SMILES string of the molecule is CCCCCCCCCCCCCC(=O)N(CCCNC(=O)[C@@H]1CCCN1)CCCNC(=O)[C@@H]1CCCN1. The molecule has 2 heterocycles. The van der Waals surface area contributed by atoms with Crippen molar-refractivity contribution in [3.8, 4) is 0 Å². The first-order valence-electron chi connectivity index (χ1n) is 15.9. The maximum atomic E-state index is 13.0. The summed E-state index contributed by atoms with van der Waals surface area (Å²) in [5.41, 5.74) is 0. The lowest BCUT2D eigenvalue weighted by molar-refractivity contribution is -0.131. The third-order valence-corrected chi connectivity index (χ3v) is 7.91. The van der Waals surface area contributed by atoms with Crippen molar-refractivity contribution >= 4 is 17.7 Å². The van der Waals surface area contributed by atoms with Crippen LogP contribution in [0.3, 0.4) is 0 Å². The number of hydrogen-bond acceptors (Lipinski definition) is 5. The number of carbonyl (C=O) groups excluding carboxylic acids is 3. The number of rotatable bonds is 22. The zero-order valence-electron chi connectivity index (χ0n) is 24.3. The van der Waals surface area contributed by atoms with E-state index >= 15 is 0 Å². The summed E-state index contributed by atoms with van der Waals surface area (Å²) in [6, 6.07) is -0.126. The lowest BCUT2D eigenvalue weighted by Crippen LogP contribution is -2.42. The number of nitrogens with zero attached hydrogens (tertiary/aromatic N) is 1. The van der Waals surface area contributed by atoms with E-state index in [1.54, 1.807) is 0 Å². The van der Waals surface area contributed by atoms with Gasteiger partial charge in [-0.15, -0.1) is 0 Å². The van der Waals surface area contributed by atoms with Crippen LogP contribution >= 0.6 is 0 Å². The molecular formula is C30H57N5O3. The van der Waals surface area contributed by atoms with Gasteiger partial charge in [-0.25, -0.2) is 0 Å². The molecule has 2 aliphatic rings. The summed E-state index contributed by atoms with van der Waals surface area (Å²) in [5.74, 6) is 0.350. The normalized spacial score (nSPS) is 19.0. The molecule has 2 fully saturated rings. The van der Waals surface area contributed by atoms with E-state index in [0.717, 1.165) is 64.5 Å². The van der Waals surface area contributed by atoms with Gasteiger partial charge in [-0.05, 0) is 58.0 Å². The Bertz CT molecular complexity index is 612. The number of amides is 3. The number of unbranched alkanes of at least 4 members (excludes halogenated alkanes) is 10. The molecule has 0 aromatic heterocycles. The summed E-state index contributed by atoms with van der Waals surface area (Å²) in [6.45, 7) is 6.54. The topological polar surface area (TPSA) is 103 Å². The summed E-state index contributed by atoms with van der Waals surface area (Å²) in [4.78, 5) is 39.4. The minimum Gasteiger partial charge on any atom is -0.355 e. The van der Waals surface area contributed by atoms with Gasteiger partial charge in [0.25, 0.3) is 0 Å². The molecular weight excluding hydrogens is 478 g/mol. The van der Waals surface area contributed by atoms with E-state index in [1.807, 2.05) is 4.90 Å². The molecule has 2 aliphatic heterocycles. The first kappa shape index (κ1) is 32.5. The van der Waals surface area contributed by atoms with Crippen LogP contribution in [0.4, 0.5) is 0 Å². The third-order valence-electron chi connectivity index (χ3n) is 7.91. The molecule has 2 rings (SSSR count). The number of hydrogen-bond donors (Lipinski definition) is 4. The summed E-state index contributed by atoms with van der Waals surface area (Å²) in [6.07, 6.45) is 20.0. The van der Waals surface area contributed by atoms with Gasteiger partial charge in [-0.3, -0.25) is 14.4 Å². The molecule has 0 bridgehead atoms. The van der Waals surface area contributed by atoms with Crippen LogP contribution in [0.2, 0.25) is 0 Å². The molecule has 2 atom stereocenters. The van der Waals surface area contributed by atoms with Gasteiger partial charge in [0, 0.05) is 32.6 Å². The van der Waals surface area contributed by atoms with Crippen molar-refractivity contribution in [3.05, 3.63) is 0 Å². The smallest absolute Gasteiger partial charge is 0.237 e. The molecule has 0 radical (unpaired) electrons. The highest BCUT2D eigenvalue weighted by Gasteiger charge is 2.22. The van der Waals surface area contributed by atoms with Crippen molar-refractivity contribution in [3.63, 3.8) is 0 Å². The Morgan fingerprint density at radius 1 is 0.658 bits per heavy atom. The van der Waals surface area contributed by atoms with Gasteiger partial charge in [0.2, 0.25) is 17.7 Å². The standard InChI is InChI=1S/C30H57N5O3/c1-2-3-4-5-6-7-8-9-10-11-12-19-28(36)35(24-15-22-33-29(37)26-17-13-20-31-26)25-16-23-34-30(38)27-18-14-21-32-27/h26-27,31-32H,2-25H2,1H3,(H,33,37)(H,34,38)/t26-,27-/m0/s1. The van der Waals surface area contributed by atoms with E-state index in [9.17, 15) is 14.4 Å². The Morgan fingerprint density at radius 3 is 1.53 bits per heavy atom. The Kier molecular flexibility index (Phi) is 18.1. The van der Waals surface area contributed by atoms with E-state index in [4.69, 9.17) is 0 Å². The van der Waals surface area contributed by atoms with Gasteiger partial charge in [0.15, 0.2) is 0 Å². The number of nitrogens with one attached hydrogen (secondary N) is 4. The molecule has 8 heteroatoms. The first-order valence-corrected chi connectivity index (χ1v) is 15.9. The van der Waals surface area contributed by atoms with Crippen LogP contribution < -0.4 is 21.3 Å². The van der Waals surface area contributed by atoms with Gasteiger partial charge < -0.3 is 26.2 Å². The highest BCUT2D eigenvalue weighted by Crippen LogP contribution is 2.13. The van der Waals surface area contributed by atoms with Gasteiger partial charge in [0.05, 0.1) is 12.1 Å². The third kappa shape index (κ3) is 14.5. The lowest BCUT2D eigenvalue weighted by atomic mass is 10.1. The summed E-state index contributed by atoms with van der Waals surface area (Å²) < 4.78 is 0. The van der Waals surface area contributed by atoms with Crippen LogP contribution in [0, 0.1) is 0 Å². The van der Waals surface area contributed by atoms with Crippen molar-refractivity contribution in [2.75, 3.05) is 39.3 Å². The highest BCUT2D eigenvalue weighted by molar-refractivity contribution is 5.82. The summed E-state index contributed by atoms with van der Waals surface area (Å²) in [5, 5.41) is 12.5. The second kappa shape index (κ2) is 21.2. The molecule has 8 nitrogen and oxygen atoms in total. The maximum absolute atomic E-state index is 13.0. The van der Waals surface area contributed by atoms with E-state index in [2.05, 4.69) is 28.2 Å². The second-order valence-electron chi connectivity index (χ2n) is 11.3. The largest absolute Gasteiger partial charge is 0.355 e. The Hall–Kier alpha value is -1.67. The molecule has 0 aromatic rings. The van der Waals surface area contributed by atoms with Crippen LogP contribution in [0.15, 0.2) is 0 Å². The molecule has 0 aliphatic carbocycles. The second-order valence-corrected chi connectivity index (χ2v) is 11.3. The van der Waals surface area contributed by atoms with Gasteiger partial charge in [-0.1, -0.05) is 71.1 Å². The molecule has 4 N–H and O–H groups in total. The maximum Gasteiger partial charge on any atom is 0.237 e. The molecule has 38 heavy (non-hydrogen) atoms.